The van der Waals surface area contributed by atoms with Crippen LogP contribution < -0.4 is 10.6 Å². The van der Waals surface area contributed by atoms with E-state index in [4.69, 9.17) is 0 Å². The van der Waals surface area contributed by atoms with E-state index in [1.165, 1.54) is 13.8 Å². The Morgan fingerprint density at radius 3 is 1.35 bits per heavy atom. The zero-order valence-corrected chi connectivity index (χ0v) is 11.6. The summed E-state index contributed by atoms with van der Waals surface area (Å²) in [4.78, 5) is 21.5. The molecule has 0 aromatic heterocycles. The number of nitrogens with one attached hydrogen (secondary N) is 2. The average Bonchev–Trinajstić information content (AvgIpc) is 2.10. The quantitative estimate of drug-likeness (QED) is 0.419. The molecule has 0 spiro atoms. The van der Waals surface area contributed by atoms with Crippen LogP contribution in [0.4, 0.5) is 0 Å². The minimum atomic E-state index is 0. The molecule has 2 N–H and O–H groups in total. The van der Waals surface area contributed by atoms with Gasteiger partial charge in [0.05, 0.1) is 0 Å². The summed E-state index contributed by atoms with van der Waals surface area (Å²) in [5, 5.41) is 6.18. The fourth-order valence-corrected chi connectivity index (χ4v) is 1.23. The Bertz CT molecular complexity index is 290. The molecule has 0 rings (SSSR count). The van der Waals surface area contributed by atoms with E-state index >= 15 is 0 Å². The molecule has 0 saturated carbocycles. The van der Waals surface area contributed by atoms with Crippen LogP contribution in [0.15, 0.2) is 23.5 Å². The average molecular weight is 288 g/mol. The van der Waals surface area contributed by atoms with Crippen LogP contribution in [0, 0.1) is 0 Å². The molecule has 0 aromatic rings. The van der Waals surface area contributed by atoms with Gasteiger partial charge in [-0.05, 0) is 39.8 Å². The zero-order valence-electron chi connectivity index (χ0n) is 10.7. The Morgan fingerprint density at radius 1 is 0.824 bits per heavy atom. The standard InChI is InChI=1S/C12H20N2O2.Cu/c1-9(7-11(3)15)13-5-6-14-10(2)8-12(4)16;/h7-8,13-14H,5-6H2,1-4H3;/b9-7-,10-8-;. The first-order valence-electron chi connectivity index (χ1n) is 5.27. The van der Waals surface area contributed by atoms with E-state index in [1.807, 2.05) is 13.8 Å². The van der Waals surface area contributed by atoms with E-state index in [1.54, 1.807) is 12.2 Å². The summed E-state index contributed by atoms with van der Waals surface area (Å²) in [6, 6.07) is 0. The smallest absolute Gasteiger partial charge is 0.154 e. The second-order valence-corrected chi connectivity index (χ2v) is 3.73. The van der Waals surface area contributed by atoms with Crippen molar-refractivity contribution in [2.75, 3.05) is 13.1 Å². The molecule has 0 heterocycles. The van der Waals surface area contributed by atoms with E-state index in [9.17, 15) is 9.59 Å². The molecule has 0 aliphatic carbocycles. The van der Waals surface area contributed by atoms with Crippen molar-refractivity contribution < 1.29 is 26.7 Å². The summed E-state index contributed by atoms with van der Waals surface area (Å²) in [7, 11) is 0. The maximum Gasteiger partial charge on any atom is 0.154 e. The molecule has 4 nitrogen and oxygen atoms in total. The van der Waals surface area contributed by atoms with Gasteiger partial charge in [-0.3, -0.25) is 9.59 Å². The molecule has 0 unspecified atom stereocenters. The van der Waals surface area contributed by atoms with Crippen LogP contribution in [0.2, 0.25) is 0 Å². The number of carbonyl (C=O) groups excluding carboxylic acids is 2. The Labute approximate surface area is 113 Å². The van der Waals surface area contributed by atoms with Gasteiger partial charge in [-0.25, -0.2) is 0 Å². The van der Waals surface area contributed by atoms with Crippen LogP contribution >= 0.6 is 0 Å². The van der Waals surface area contributed by atoms with Gasteiger partial charge in [-0.15, -0.1) is 0 Å². The first-order chi connectivity index (χ1) is 7.41. The molecule has 17 heavy (non-hydrogen) atoms. The maximum absolute atomic E-state index is 10.7. The number of carbonyl (C=O) groups is 2. The van der Waals surface area contributed by atoms with E-state index < -0.39 is 0 Å². The van der Waals surface area contributed by atoms with Gasteiger partial charge < -0.3 is 10.6 Å². The van der Waals surface area contributed by atoms with Gasteiger partial charge in [-0.1, -0.05) is 0 Å². The fraction of sp³-hybridized carbons (Fsp3) is 0.500. The topological polar surface area (TPSA) is 58.2 Å². The maximum atomic E-state index is 10.7. The molecule has 5 heteroatoms. The van der Waals surface area contributed by atoms with Crippen molar-refractivity contribution >= 4 is 11.6 Å². The third kappa shape index (κ3) is 12.9. The molecule has 0 bridgehead atoms. The summed E-state index contributed by atoms with van der Waals surface area (Å²) < 4.78 is 0. The summed E-state index contributed by atoms with van der Waals surface area (Å²) in [6.07, 6.45) is 3.11. The third-order valence-electron chi connectivity index (χ3n) is 1.77. The summed E-state index contributed by atoms with van der Waals surface area (Å²) in [5.74, 6) is 0.0660. The van der Waals surface area contributed by atoms with Crippen molar-refractivity contribution in [2.45, 2.75) is 27.7 Å². The second kappa shape index (κ2) is 10.1. The monoisotopic (exact) mass is 287 g/mol. The molecule has 0 aliphatic rings. The molecule has 101 valence electrons. The normalized spacial score (nSPS) is 11.5. The van der Waals surface area contributed by atoms with Gasteiger partial charge in [0.1, 0.15) is 0 Å². The molecule has 0 saturated heterocycles. The molecule has 0 fully saturated rings. The van der Waals surface area contributed by atoms with Gasteiger partial charge in [0.15, 0.2) is 11.6 Å². The van der Waals surface area contributed by atoms with Crippen molar-refractivity contribution in [2.24, 2.45) is 0 Å². The van der Waals surface area contributed by atoms with Crippen LogP contribution in [-0.2, 0) is 26.7 Å². The summed E-state index contributed by atoms with van der Waals surface area (Å²) >= 11 is 0. The molecule has 0 aliphatic heterocycles. The number of allylic oxidation sites excluding steroid dienone is 4. The second-order valence-electron chi connectivity index (χ2n) is 3.73. The van der Waals surface area contributed by atoms with Gasteiger partial charge in [0.2, 0.25) is 0 Å². The van der Waals surface area contributed by atoms with Crippen molar-refractivity contribution in [3.8, 4) is 0 Å². The minimum absolute atomic E-state index is 0. The Balaban J connectivity index is 0. The Hall–Kier alpha value is -1.06. The van der Waals surface area contributed by atoms with E-state index in [2.05, 4.69) is 10.6 Å². The molecule has 0 amide bonds. The van der Waals surface area contributed by atoms with Gasteiger partial charge in [0.25, 0.3) is 0 Å². The minimum Gasteiger partial charge on any atom is -0.387 e. The largest absolute Gasteiger partial charge is 0.387 e. The first kappa shape index (κ1) is 18.3. The van der Waals surface area contributed by atoms with Gasteiger partial charge in [0, 0.05) is 41.6 Å². The van der Waals surface area contributed by atoms with Crippen molar-refractivity contribution in [1.29, 1.82) is 0 Å². The molecular formula is C12H20CuN2O2. The van der Waals surface area contributed by atoms with Crippen LogP contribution in [0.25, 0.3) is 0 Å². The molecular weight excluding hydrogens is 268 g/mol. The van der Waals surface area contributed by atoms with Crippen LogP contribution in [0.5, 0.6) is 0 Å². The molecule has 0 atom stereocenters. The first-order valence-corrected chi connectivity index (χ1v) is 5.27. The van der Waals surface area contributed by atoms with E-state index in [0.717, 1.165) is 11.4 Å². The molecule has 0 aromatic carbocycles. The van der Waals surface area contributed by atoms with Gasteiger partial charge in [-0.2, -0.15) is 0 Å². The number of hydrogen-bond acceptors (Lipinski definition) is 4. The number of rotatable bonds is 7. The van der Waals surface area contributed by atoms with Crippen LogP contribution in [-0.4, -0.2) is 24.7 Å². The third-order valence-corrected chi connectivity index (χ3v) is 1.77. The van der Waals surface area contributed by atoms with Crippen LogP contribution in [0.3, 0.4) is 0 Å². The predicted molar refractivity (Wildman–Crippen MR) is 64.9 cm³/mol. The zero-order chi connectivity index (χ0) is 12.6. The number of hydrogen-bond donors (Lipinski definition) is 2. The van der Waals surface area contributed by atoms with Crippen molar-refractivity contribution in [3.63, 3.8) is 0 Å². The fourth-order valence-electron chi connectivity index (χ4n) is 1.23. The van der Waals surface area contributed by atoms with E-state index in [0.29, 0.717) is 13.1 Å². The summed E-state index contributed by atoms with van der Waals surface area (Å²) in [6.45, 7) is 8.14. The van der Waals surface area contributed by atoms with E-state index in [-0.39, 0.29) is 28.6 Å². The predicted octanol–water partition coefficient (Wildman–Crippen LogP) is 1.15. The summed E-state index contributed by atoms with van der Waals surface area (Å²) in [5.41, 5.74) is 1.70. The number of ketones is 2. The molecule has 1 radical (unpaired) electrons. The van der Waals surface area contributed by atoms with Crippen LogP contribution in [0.1, 0.15) is 27.7 Å². The van der Waals surface area contributed by atoms with Gasteiger partial charge >= 0.3 is 0 Å². The Kier molecular flexibility index (Phi) is 10.9. The van der Waals surface area contributed by atoms with Crippen molar-refractivity contribution in [1.82, 2.24) is 10.6 Å². The van der Waals surface area contributed by atoms with Crippen molar-refractivity contribution in [3.05, 3.63) is 23.5 Å². The Morgan fingerprint density at radius 2 is 1.12 bits per heavy atom. The SMILES string of the molecule is CC(=O)/C=C(/C)NCCN/C(C)=C\C(C)=O.[Cu].